The summed E-state index contributed by atoms with van der Waals surface area (Å²) in [5.74, 6) is -1.22. The van der Waals surface area contributed by atoms with E-state index < -0.39 is 36.7 Å². The maximum atomic E-state index is 12.9. The van der Waals surface area contributed by atoms with Crippen LogP contribution in [0.25, 0.3) is 0 Å². The first-order chi connectivity index (χ1) is 16.3. The zero-order valence-corrected chi connectivity index (χ0v) is 20.8. The van der Waals surface area contributed by atoms with E-state index in [1.54, 1.807) is 12.1 Å². The van der Waals surface area contributed by atoms with Crippen LogP contribution < -0.4 is 0 Å². The van der Waals surface area contributed by atoms with E-state index in [4.69, 9.17) is 23.2 Å². The molecule has 0 aliphatic heterocycles. The number of aliphatic hydroxyl groups is 1. The van der Waals surface area contributed by atoms with E-state index in [0.29, 0.717) is 11.1 Å². The first-order valence-electron chi connectivity index (χ1n) is 10.7. The second-order valence-corrected chi connectivity index (χ2v) is 9.20. The third-order valence-corrected chi connectivity index (χ3v) is 6.43. The molecule has 1 atom stereocenters. The standard InChI is InChI=1S/C24H27Cl2F3N2O4/c1-16-4-6-17(7-5-16)14-31(22(34)35)23(10-3-11-32,18-8-9-19(25)20(26)12-18)15-30(2)21(33)13-24(27,28)29/h4-9,12,32H,3,10-11,13-15H2,1-2H3,(H,34,35)/t23-/m1/s1. The fourth-order valence-electron chi connectivity index (χ4n) is 3.91. The Morgan fingerprint density at radius 1 is 1.03 bits per heavy atom. The molecule has 0 heterocycles. The van der Waals surface area contributed by atoms with Crippen LogP contribution >= 0.6 is 23.2 Å². The summed E-state index contributed by atoms with van der Waals surface area (Å²) in [6.07, 6.45) is -7.66. The van der Waals surface area contributed by atoms with Crippen molar-refractivity contribution in [2.24, 2.45) is 0 Å². The van der Waals surface area contributed by atoms with E-state index in [-0.39, 0.29) is 36.0 Å². The molecule has 0 saturated carbocycles. The van der Waals surface area contributed by atoms with E-state index in [1.807, 2.05) is 19.1 Å². The number of hydrogen-bond donors (Lipinski definition) is 2. The summed E-state index contributed by atoms with van der Waals surface area (Å²) in [4.78, 5) is 26.9. The van der Waals surface area contributed by atoms with Crippen molar-refractivity contribution in [3.63, 3.8) is 0 Å². The summed E-state index contributed by atoms with van der Waals surface area (Å²) in [6, 6.07) is 11.5. The highest BCUT2D eigenvalue weighted by Gasteiger charge is 2.44. The van der Waals surface area contributed by atoms with Crippen LogP contribution in [0.5, 0.6) is 0 Å². The molecule has 0 radical (unpaired) electrons. The average molecular weight is 535 g/mol. The highest BCUT2D eigenvalue weighted by Crippen LogP contribution is 2.39. The molecule has 6 nitrogen and oxygen atoms in total. The second kappa shape index (κ2) is 12.0. The predicted molar refractivity (Wildman–Crippen MR) is 128 cm³/mol. The van der Waals surface area contributed by atoms with Gasteiger partial charge in [-0.15, -0.1) is 0 Å². The minimum absolute atomic E-state index is 0.00323. The van der Waals surface area contributed by atoms with E-state index in [9.17, 15) is 33.0 Å². The topological polar surface area (TPSA) is 81.1 Å². The largest absolute Gasteiger partial charge is 0.465 e. The Kier molecular flexibility index (Phi) is 9.83. The van der Waals surface area contributed by atoms with Crippen molar-refractivity contribution >= 4 is 35.2 Å². The molecule has 2 N–H and O–H groups in total. The summed E-state index contributed by atoms with van der Waals surface area (Å²) >= 11 is 12.3. The van der Waals surface area contributed by atoms with Gasteiger partial charge in [0.15, 0.2) is 0 Å². The molecule has 0 aliphatic rings. The number of nitrogens with zero attached hydrogens (tertiary/aromatic N) is 2. The van der Waals surface area contributed by atoms with Crippen LogP contribution in [0.1, 0.15) is 36.0 Å². The third-order valence-electron chi connectivity index (χ3n) is 5.69. The summed E-state index contributed by atoms with van der Waals surface area (Å²) in [7, 11) is 1.19. The quantitative estimate of drug-likeness (QED) is 0.400. The molecular weight excluding hydrogens is 508 g/mol. The van der Waals surface area contributed by atoms with Crippen molar-refractivity contribution in [2.75, 3.05) is 20.2 Å². The Bertz CT molecular complexity index is 1030. The lowest BCUT2D eigenvalue weighted by Gasteiger charge is -2.45. The number of aliphatic hydroxyl groups excluding tert-OH is 1. The lowest BCUT2D eigenvalue weighted by Crippen LogP contribution is -2.55. The van der Waals surface area contributed by atoms with Gasteiger partial charge in [0.25, 0.3) is 0 Å². The number of amides is 2. The Morgan fingerprint density at radius 3 is 2.17 bits per heavy atom. The molecule has 35 heavy (non-hydrogen) atoms. The maximum Gasteiger partial charge on any atom is 0.408 e. The summed E-state index contributed by atoms with van der Waals surface area (Å²) in [6.45, 7) is 1.04. The molecule has 0 aromatic heterocycles. The number of carbonyl (C=O) groups excluding carboxylic acids is 1. The van der Waals surface area contributed by atoms with Crippen molar-refractivity contribution in [2.45, 2.75) is 44.4 Å². The number of hydrogen-bond acceptors (Lipinski definition) is 3. The van der Waals surface area contributed by atoms with Gasteiger partial charge in [0.1, 0.15) is 6.42 Å². The maximum absolute atomic E-state index is 12.9. The first kappa shape index (κ1) is 28.7. The van der Waals surface area contributed by atoms with E-state index in [1.165, 1.54) is 25.2 Å². The van der Waals surface area contributed by atoms with Crippen molar-refractivity contribution in [3.05, 3.63) is 69.2 Å². The van der Waals surface area contributed by atoms with Crippen molar-refractivity contribution < 1.29 is 33.0 Å². The number of benzene rings is 2. The van der Waals surface area contributed by atoms with Gasteiger partial charge >= 0.3 is 12.3 Å². The highest BCUT2D eigenvalue weighted by molar-refractivity contribution is 6.42. The van der Waals surface area contributed by atoms with Gasteiger partial charge in [0.05, 0.1) is 15.6 Å². The molecule has 2 aromatic carbocycles. The monoisotopic (exact) mass is 534 g/mol. The van der Waals surface area contributed by atoms with Crippen LogP contribution in [0.2, 0.25) is 10.0 Å². The molecule has 0 bridgehead atoms. The molecule has 2 aromatic rings. The van der Waals surface area contributed by atoms with Crippen LogP contribution in [0, 0.1) is 6.92 Å². The molecule has 2 rings (SSSR count). The SMILES string of the molecule is Cc1ccc(CN(C(=O)O)[C@](CCCO)(CN(C)C(=O)CC(F)(F)F)c2ccc(Cl)c(Cl)c2)cc1. The number of aryl methyl sites for hydroxylation is 1. The smallest absolute Gasteiger partial charge is 0.408 e. The molecular formula is C24H27Cl2F3N2O4. The van der Waals surface area contributed by atoms with E-state index in [2.05, 4.69) is 0 Å². The Balaban J connectivity index is 2.66. The Hall–Kier alpha value is -2.49. The summed E-state index contributed by atoms with van der Waals surface area (Å²) in [5.41, 5.74) is 0.394. The first-order valence-corrected chi connectivity index (χ1v) is 11.5. The number of likely N-dealkylation sites (N-methyl/N-ethyl adjacent to an activating group) is 1. The summed E-state index contributed by atoms with van der Waals surface area (Å²) < 4.78 is 38.7. The van der Waals surface area contributed by atoms with Gasteiger partial charge in [-0.25, -0.2) is 4.79 Å². The molecule has 0 fully saturated rings. The van der Waals surface area contributed by atoms with Gasteiger partial charge in [-0.2, -0.15) is 13.2 Å². The minimum Gasteiger partial charge on any atom is -0.465 e. The molecule has 2 amide bonds. The van der Waals surface area contributed by atoms with Gasteiger partial charge in [0, 0.05) is 26.7 Å². The van der Waals surface area contributed by atoms with Crippen LogP contribution in [0.3, 0.4) is 0 Å². The third kappa shape index (κ3) is 7.75. The van der Waals surface area contributed by atoms with Crippen molar-refractivity contribution in [1.82, 2.24) is 9.80 Å². The Labute approximate surface area is 211 Å². The normalized spacial score (nSPS) is 13.3. The molecule has 11 heteroatoms. The number of rotatable bonds is 10. The number of carbonyl (C=O) groups is 2. The van der Waals surface area contributed by atoms with Gasteiger partial charge < -0.3 is 15.1 Å². The lowest BCUT2D eigenvalue weighted by molar-refractivity contribution is -0.161. The van der Waals surface area contributed by atoms with Gasteiger partial charge in [-0.1, -0.05) is 59.1 Å². The van der Waals surface area contributed by atoms with E-state index in [0.717, 1.165) is 15.4 Å². The molecule has 0 aliphatic carbocycles. The molecule has 0 spiro atoms. The van der Waals surface area contributed by atoms with Crippen LogP contribution in [0.15, 0.2) is 42.5 Å². The fraction of sp³-hybridized carbons (Fsp3) is 0.417. The van der Waals surface area contributed by atoms with Crippen LogP contribution in [-0.2, 0) is 16.9 Å². The van der Waals surface area contributed by atoms with Gasteiger partial charge in [0.2, 0.25) is 5.91 Å². The number of alkyl halides is 3. The van der Waals surface area contributed by atoms with Gasteiger partial charge in [-0.3, -0.25) is 9.69 Å². The molecule has 192 valence electrons. The zero-order chi connectivity index (χ0) is 26.4. The molecule has 0 saturated heterocycles. The van der Waals surface area contributed by atoms with Crippen molar-refractivity contribution in [3.8, 4) is 0 Å². The predicted octanol–water partition coefficient (Wildman–Crippen LogP) is 5.86. The van der Waals surface area contributed by atoms with Gasteiger partial charge in [-0.05, 0) is 43.0 Å². The minimum atomic E-state index is -4.73. The Morgan fingerprint density at radius 2 is 1.66 bits per heavy atom. The average Bonchev–Trinajstić information content (AvgIpc) is 2.76. The molecule has 0 unspecified atom stereocenters. The number of halogens is 5. The van der Waals surface area contributed by atoms with Crippen LogP contribution in [0.4, 0.5) is 18.0 Å². The zero-order valence-electron chi connectivity index (χ0n) is 19.3. The summed E-state index contributed by atoms with van der Waals surface area (Å²) in [5, 5.41) is 20.2. The van der Waals surface area contributed by atoms with Crippen LogP contribution in [-0.4, -0.2) is 58.4 Å². The fourth-order valence-corrected chi connectivity index (χ4v) is 4.21. The van der Waals surface area contributed by atoms with E-state index >= 15 is 0 Å². The highest BCUT2D eigenvalue weighted by atomic mass is 35.5. The number of carboxylic acid groups (broad SMARTS) is 1. The van der Waals surface area contributed by atoms with Crippen molar-refractivity contribution in [1.29, 1.82) is 0 Å². The second-order valence-electron chi connectivity index (χ2n) is 8.38. The lowest BCUT2D eigenvalue weighted by atomic mass is 9.82.